The Morgan fingerprint density at radius 2 is 1.69 bits per heavy atom. The minimum atomic E-state index is -4.70. The van der Waals surface area contributed by atoms with Crippen LogP contribution in [0.15, 0.2) is 46.9 Å². The van der Waals surface area contributed by atoms with Gasteiger partial charge in [0.2, 0.25) is 5.91 Å². The number of hydrogen-bond donors (Lipinski definition) is 1. The minimum Gasteiger partial charge on any atom is -0.460 e. The van der Waals surface area contributed by atoms with E-state index < -0.39 is 35.1 Å². The summed E-state index contributed by atoms with van der Waals surface area (Å²) in [7, 11) is 0. The molecule has 0 bridgehead atoms. The molecule has 0 radical (unpaired) electrons. The van der Waals surface area contributed by atoms with E-state index in [2.05, 4.69) is 21.2 Å². The van der Waals surface area contributed by atoms with Crippen molar-refractivity contribution >= 4 is 33.5 Å². The van der Waals surface area contributed by atoms with Crippen LogP contribution < -0.4 is 5.32 Å². The van der Waals surface area contributed by atoms with Crippen molar-refractivity contribution in [3.8, 4) is 0 Å². The first-order chi connectivity index (χ1) is 16.3. The van der Waals surface area contributed by atoms with Crippen molar-refractivity contribution in [3.63, 3.8) is 0 Å². The maximum Gasteiger partial charge on any atom is 0.418 e. The van der Waals surface area contributed by atoms with Gasteiger partial charge in [-0.1, -0.05) is 53.0 Å². The number of amides is 1. The first-order valence-corrected chi connectivity index (χ1v) is 12.6. The van der Waals surface area contributed by atoms with E-state index in [1.807, 2.05) is 24.3 Å². The Morgan fingerprint density at radius 1 is 1.06 bits per heavy atom. The average Bonchev–Trinajstić information content (AvgIpc) is 3.26. The lowest BCUT2D eigenvalue weighted by Gasteiger charge is -2.25. The van der Waals surface area contributed by atoms with Crippen molar-refractivity contribution in [2.45, 2.75) is 77.0 Å². The molecular weight excluding hydrogens is 523 g/mol. The van der Waals surface area contributed by atoms with Gasteiger partial charge in [-0.2, -0.15) is 13.2 Å². The molecule has 0 heterocycles. The zero-order chi connectivity index (χ0) is 25.8. The Kier molecular flexibility index (Phi) is 8.67. The molecule has 190 valence electrons. The van der Waals surface area contributed by atoms with Crippen LogP contribution in [0.1, 0.15) is 75.5 Å². The Hall–Kier alpha value is -2.35. The number of carbonyl (C=O) groups excluding carboxylic acids is 2. The number of ether oxygens (including phenoxy) is 1. The fourth-order valence-electron chi connectivity index (χ4n) is 4.69. The molecule has 4 nitrogen and oxygen atoms in total. The molecule has 8 heteroatoms. The van der Waals surface area contributed by atoms with Gasteiger partial charge in [-0.05, 0) is 75.3 Å². The molecule has 3 rings (SSSR count). The average molecular weight is 554 g/mol. The van der Waals surface area contributed by atoms with Crippen LogP contribution in [-0.2, 0) is 26.9 Å². The van der Waals surface area contributed by atoms with Crippen LogP contribution in [0.4, 0.5) is 18.9 Å². The van der Waals surface area contributed by atoms with E-state index in [0.29, 0.717) is 0 Å². The monoisotopic (exact) mass is 553 g/mol. The van der Waals surface area contributed by atoms with E-state index in [1.165, 1.54) is 18.2 Å². The number of carbonyl (C=O) groups is 2. The molecule has 1 amide bonds. The van der Waals surface area contributed by atoms with Crippen molar-refractivity contribution in [1.29, 1.82) is 0 Å². The van der Waals surface area contributed by atoms with Gasteiger partial charge in [-0.15, -0.1) is 0 Å². The second-order valence-corrected chi connectivity index (χ2v) is 10.9. The Morgan fingerprint density at radius 3 is 2.26 bits per heavy atom. The van der Waals surface area contributed by atoms with Crippen LogP contribution in [0, 0.1) is 5.92 Å². The summed E-state index contributed by atoms with van der Waals surface area (Å²) in [6.07, 6.45) is -1.33. The quantitative estimate of drug-likeness (QED) is 0.358. The van der Waals surface area contributed by atoms with Crippen molar-refractivity contribution in [2.75, 3.05) is 5.32 Å². The van der Waals surface area contributed by atoms with Gasteiger partial charge in [0.15, 0.2) is 0 Å². The summed E-state index contributed by atoms with van der Waals surface area (Å²) >= 11 is 3.39. The predicted molar refractivity (Wildman–Crippen MR) is 133 cm³/mol. The third-order valence-corrected chi connectivity index (χ3v) is 6.62. The lowest BCUT2D eigenvalue weighted by Crippen LogP contribution is -2.28. The van der Waals surface area contributed by atoms with Gasteiger partial charge in [0, 0.05) is 10.9 Å². The zero-order valence-corrected chi connectivity index (χ0v) is 21.8. The minimum absolute atomic E-state index is 0.0535. The molecule has 1 aliphatic carbocycles. The van der Waals surface area contributed by atoms with Crippen LogP contribution in [0.5, 0.6) is 0 Å². The van der Waals surface area contributed by atoms with E-state index in [4.69, 9.17) is 4.74 Å². The highest BCUT2D eigenvalue weighted by atomic mass is 79.9. The molecule has 0 aromatic heterocycles. The predicted octanol–water partition coefficient (Wildman–Crippen LogP) is 7.65. The van der Waals surface area contributed by atoms with Gasteiger partial charge in [0.25, 0.3) is 0 Å². The Balaban J connectivity index is 1.88. The van der Waals surface area contributed by atoms with Crippen LogP contribution in [0.25, 0.3) is 0 Å². The summed E-state index contributed by atoms with van der Waals surface area (Å²) in [5.74, 6) is -1.50. The summed E-state index contributed by atoms with van der Waals surface area (Å²) in [5, 5.41) is 2.59. The standard InChI is InChI=1S/C27H31BrF3NO3/c1-26(2,3)35-22(33)16-13-19-9-6-10-21(24(19)27(29,30)31)32-25(34)23(17-7-4-5-8-17)18-11-14-20(28)15-12-18/h6,9-12,14-15,17,23H,4-5,7-8,13,16H2,1-3H3,(H,32,34)/t23-/m1/s1. The number of benzene rings is 2. The number of nitrogens with one attached hydrogen (secondary N) is 1. The third kappa shape index (κ3) is 7.56. The Labute approximate surface area is 212 Å². The lowest BCUT2D eigenvalue weighted by molar-refractivity contribution is -0.155. The van der Waals surface area contributed by atoms with E-state index in [1.54, 1.807) is 20.8 Å². The zero-order valence-electron chi connectivity index (χ0n) is 20.2. The van der Waals surface area contributed by atoms with E-state index in [9.17, 15) is 22.8 Å². The number of alkyl halides is 3. The summed E-state index contributed by atoms with van der Waals surface area (Å²) in [5.41, 5.74) is -1.20. The molecule has 1 fully saturated rings. The lowest BCUT2D eigenvalue weighted by atomic mass is 9.84. The second-order valence-electron chi connectivity index (χ2n) is 9.99. The molecule has 2 aromatic carbocycles. The number of anilines is 1. The van der Waals surface area contributed by atoms with E-state index in [-0.39, 0.29) is 30.0 Å². The van der Waals surface area contributed by atoms with Gasteiger partial charge in [0.05, 0.1) is 17.2 Å². The van der Waals surface area contributed by atoms with Gasteiger partial charge in [-0.25, -0.2) is 0 Å². The summed E-state index contributed by atoms with van der Waals surface area (Å²) in [6, 6.07) is 11.4. The highest BCUT2D eigenvalue weighted by Crippen LogP contribution is 2.41. The SMILES string of the molecule is CC(C)(C)OC(=O)CCc1cccc(NC(=O)[C@@H](c2ccc(Br)cc2)C2CCCC2)c1C(F)(F)F. The van der Waals surface area contributed by atoms with Gasteiger partial charge in [-0.3, -0.25) is 9.59 Å². The molecule has 1 saturated carbocycles. The summed E-state index contributed by atoms with van der Waals surface area (Å²) in [6.45, 7) is 5.11. The smallest absolute Gasteiger partial charge is 0.418 e. The molecule has 0 aliphatic heterocycles. The molecular formula is C27H31BrF3NO3. The van der Waals surface area contributed by atoms with Gasteiger partial charge in [0.1, 0.15) is 5.60 Å². The maximum absolute atomic E-state index is 14.2. The normalized spacial score (nSPS) is 15.6. The third-order valence-electron chi connectivity index (χ3n) is 6.09. The molecule has 0 spiro atoms. The molecule has 0 saturated heterocycles. The van der Waals surface area contributed by atoms with Crippen LogP contribution in [0.2, 0.25) is 0 Å². The number of halogens is 4. The number of rotatable bonds is 7. The molecule has 1 aliphatic rings. The van der Waals surface area contributed by atoms with Crippen molar-refractivity contribution in [1.82, 2.24) is 0 Å². The topological polar surface area (TPSA) is 55.4 Å². The fourth-order valence-corrected chi connectivity index (χ4v) is 4.95. The highest BCUT2D eigenvalue weighted by Gasteiger charge is 2.38. The first-order valence-electron chi connectivity index (χ1n) is 11.8. The van der Waals surface area contributed by atoms with E-state index >= 15 is 0 Å². The van der Waals surface area contributed by atoms with Crippen molar-refractivity contribution < 1.29 is 27.5 Å². The number of hydrogen-bond acceptors (Lipinski definition) is 3. The van der Waals surface area contributed by atoms with Crippen LogP contribution in [-0.4, -0.2) is 17.5 Å². The van der Waals surface area contributed by atoms with Crippen LogP contribution in [0.3, 0.4) is 0 Å². The van der Waals surface area contributed by atoms with Crippen LogP contribution >= 0.6 is 15.9 Å². The molecule has 0 unspecified atom stereocenters. The van der Waals surface area contributed by atoms with Gasteiger partial charge < -0.3 is 10.1 Å². The van der Waals surface area contributed by atoms with Gasteiger partial charge >= 0.3 is 12.1 Å². The summed E-state index contributed by atoms with van der Waals surface area (Å²) in [4.78, 5) is 25.5. The summed E-state index contributed by atoms with van der Waals surface area (Å²) < 4.78 is 48.6. The molecule has 1 N–H and O–H groups in total. The van der Waals surface area contributed by atoms with E-state index in [0.717, 1.165) is 35.7 Å². The first kappa shape index (κ1) is 27.2. The Bertz CT molecular complexity index is 1040. The fraction of sp³-hybridized carbons (Fsp3) is 0.481. The van der Waals surface area contributed by atoms with Crippen molar-refractivity contribution in [2.24, 2.45) is 5.92 Å². The largest absolute Gasteiger partial charge is 0.460 e. The molecule has 2 aromatic rings. The maximum atomic E-state index is 14.2. The highest BCUT2D eigenvalue weighted by molar-refractivity contribution is 9.10. The number of aryl methyl sites for hydroxylation is 1. The second kappa shape index (κ2) is 11.1. The number of esters is 1. The molecule has 35 heavy (non-hydrogen) atoms. The molecule has 1 atom stereocenters. The van der Waals surface area contributed by atoms with Crippen molar-refractivity contribution in [3.05, 3.63) is 63.6 Å².